The molecular weight excluding hydrogens is 233 g/mol. The SMILES string of the molecule is CCc1nc(OC)c(CCCCCF)cc1OC. The molecule has 0 aromatic carbocycles. The fourth-order valence-corrected chi connectivity index (χ4v) is 1.93. The van der Waals surface area contributed by atoms with E-state index in [0.29, 0.717) is 12.3 Å². The van der Waals surface area contributed by atoms with Crippen molar-refractivity contribution in [2.45, 2.75) is 39.0 Å². The first-order valence-electron chi connectivity index (χ1n) is 6.43. The average molecular weight is 255 g/mol. The summed E-state index contributed by atoms with van der Waals surface area (Å²) in [7, 11) is 3.27. The van der Waals surface area contributed by atoms with Crippen molar-refractivity contribution in [3.8, 4) is 11.6 Å². The Labute approximate surface area is 108 Å². The summed E-state index contributed by atoms with van der Waals surface area (Å²) in [5, 5.41) is 0. The Hall–Kier alpha value is -1.32. The van der Waals surface area contributed by atoms with Gasteiger partial charge in [0.2, 0.25) is 5.88 Å². The molecule has 0 unspecified atom stereocenters. The van der Waals surface area contributed by atoms with Crippen LogP contribution in [0.5, 0.6) is 11.6 Å². The van der Waals surface area contributed by atoms with Gasteiger partial charge in [-0.3, -0.25) is 4.39 Å². The molecule has 0 aliphatic heterocycles. The smallest absolute Gasteiger partial charge is 0.216 e. The van der Waals surface area contributed by atoms with Crippen LogP contribution in [0.25, 0.3) is 0 Å². The van der Waals surface area contributed by atoms with Crippen LogP contribution in [0.15, 0.2) is 6.07 Å². The van der Waals surface area contributed by atoms with Gasteiger partial charge in [-0.05, 0) is 31.7 Å². The predicted molar refractivity (Wildman–Crippen MR) is 70.2 cm³/mol. The highest BCUT2D eigenvalue weighted by atomic mass is 19.1. The summed E-state index contributed by atoms with van der Waals surface area (Å²) in [5.74, 6) is 1.46. The quantitative estimate of drug-likeness (QED) is 0.668. The Kier molecular flexibility index (Phi) is 6.47. The standard InChI is InChI=1S/C14H22FNO2/c1-4-12-13(17-2)10-11(14(16-12)18-3)8-6-5-7-9-15/h10H,4-9H2,1-3H3. The molecule has 102 valence electrons. The Morgan fingerprint density at radius 1 is 1.17 bits per heavy atom. The van der Waals surface area contributed by atoms with Crippen molar-refractivity contribution in [3.63, 3.8) is 0 Å². The van der Waals surface area contributed by atoms with E-state index in [1.54, 1.807) is 14.2 Å². The summed E-state index contributed by atoms with van der Waals surface area (Å²) in [4.78, 5) is 4.46. The number of pyridine rings is 1. The van der Waals surface area contributed by atoms with Crippen molar-refractivity contribution in [1.29, 1.82) is 0 Å². The maximum absolute atomic E-state index is 12.0. The summed E-state index contributed by atoms with van der Waals surface area (Å²) in [6.45, 7) is 1.79. The van der Waals surface area contributed by atoms with E-state index < -0.39 is 0 Å². The number of unbranched alkanes of at least 4 members (excludes halogenated alkanes) is 2. The molecule has 0 amide bonds. The Morgan fingerprint density at radius 3 is 2.50 bits per heavy atom. The normalized spacial score (nSPS) is 10.4. The molecule has 18 heavy (non-hydrogen) atoms. The highest BCUT2D eigenvalue weighted by Crippen LogP contribution is 2.27. The molecule has 0 saturated carbocycles. The number of halogens is 1. The highest BCUT2D eigenvalue weighted by Gasteiger charge is 2.11. The van der Waals surface area contributed by atoms with E-state index in [-0.39, 0.29) is 6.67 Å². The molecule has 0 N–H and O–H groups in total. The van der Waals surface area contributed by atoms with Crippen molar-refractivity contribution >= 4 is 0 Å². The molecular formula is C14H22FNO2. The molecule has 0 aliphatic carbocycles. The minimum atomic E-state index is -0.243. The number of methoxy groups -OCH3 is 2. The van der Waals surface area contributed by atoms with E-state index in [4.69, 9.17) is 9.47 Å². The maximum Gasteiger partial charge on any atom is 0.216 e. The van der Waals surface area contributed by atoms with Crippen molar-refractivity contribution in [3.05, 3.63) is 17.3 Å². The summed E-state index contributed by atoms with van der Waals surface area (Å²) >= 11 is 0. The monoisotopic (exact) mass is 255 g/mol. The first-order valence-corrected chi connectivity index (χ1v) is 6.43. The van der Waals surface area contributed by atoms with E-state index in [1.165, 1.54) is 0 Å². The molecule has 4 heteroatoms. The minimum absolute atomic E-state index is 0.243. The fourth-order valence-electron chi connectivity index (χ4n) is 1.93. The van der Waals surface area contributed by atoms with Crippen LogP contribution in [-0.2, 0) is 12.8 Å². The van der Waals surface area contributed by atoms with Crippen LogP contribution in [0.2, 0.25) is 0 Å². The molecule has 1 aromatic rings. The molecule has 0 spiro atoms. The third-order valence-corrected chi connectivity index (χ3v) is 2.93. The van der Waals surface area contributed by atoms with Gasteiger partial charge >= 0.3 is 0 Å². The molecule has 0 aliphatic rings. The van der Waals surface area contributed by atoms with Crippen molar-refractivity contribution in [1.82, 2.24) is 4.98 Å². The lowest BCUT2D eigenvalue weighted by Gasteiger charge is -2.12. The molecule has 1 rings (SSSR count). The van der Waals surface area contributed by atoms with Gasteiger partial charge in [0.05, 0.1) is 26.6 Å². The van der Waals surface area contributed by atoms with Crippen molar-refractivity contribution < 1.29 is 13.9 Å². The topological polar surface area (TPSA) is 31.4 Å². The van der Waals surface area contributed by atoms with Crippen molar-refractivity contribution in [2.24, 2.45) is 0 Å². The van der Waals surface area contributed by atoms with Gasteiger partial charge in [0.1, 0.15) is 5.75 Å². The minimum Gasteiger partial charge on any atom is -0.495 e. The van der Waals surface area contributed by atoms with Crippen LogP contribution in [0.4, 0.5) is 4.39 Å². The maximum atomic E-state index is 12.0. The molecule has 3 nitrogen and oxygen atoms in total. The average Bonchev–Trinajstić information content (AvgIpc) is 2.42. The molecule has 1 heterocycles. The molecule has 0 saturated heterocycles. The largest absolute Gasteiger partial charge is 0.495 e. The van der Waals surface area contributed by atoms with E-state index in [9.17, 15) is 4.39 Å². The zero-order valence-corrected chi connectivity index (χ0v) is 11.5. The summed E-state index contributed by atoms with van der Waals surface area (Å²) < 4.78 is 22.7. The van der Waals surface area contributed by atoms with E-state index in [1.807, 2.05) is 13.0 Å². The number of hydrogen-bond acceptors (Lipinski definition) is 3. The number of nitrogens with zero attached hydrogens (tertiary/aromatic N) is 1. The van der Waals surface area contributed by atoms with Gasteiger partial charge in [0.15, 0.2) is 0 Å². The van der Waals surface area contributed by atoms with Crippen LogP contribution < -0.4 is 9.47 Å². The Morgan fingerprint density at radius 2 is 1.94 bits per heavy atom. The first-order chi connectivity index (χ1) is 8.76. The third kappa shape index (κ3) is 3.86. The van der Waals surface area contributed by atoms with Gasteiger partial charge in [-0.2, -0.15) is 0 Å². The summed E-state index contributed by atoms with van der Waals surface area (Å²) in [6.07, 6.45) is 4.10. The lowest BCUT2D eigenvalue weighted by Crippen LogP contribution is -2.02. The van der Waals surface area contributed by atoms with Crippen LogP contribution in [0.1, 0.15) is 37.4 Å². The van der Waals surface area contributed by atoms with Gasteiger partial charge < -0.3 is 9.47 Å². The molecule has 0 bridgehead atoms. The van der Waals surface area contributed by atoms with Gasteiger partial charge in [-0.1, -0.05) is 13.3 Å². The van der Waals surface area contributed by atoms with E-state index >= 15 is 0 Å². The lowest BCUT2D eigenvalue weighted by molar-refractivity contribution is 0.376. The van der Waals surface area contributed by atoms with E-state index in [0.717, 1.165) is 42.7 Å². The summed E-state index contributed by atoms with van der Waals surface area (Å²) in [5.41, 5.74) is 1.94. The lowest BCUT2D eigenvalue weighted by atomic mass is 10.1. The predicted octanol–water partition coefficient (Wildman–Crippen LogP) is 3.34. The van der Waals surface area contributed by atoms with Crippen LogP contribution in [0.3, 0.4) is 0 Å². The molecule has 0 fully saturated rings. The number of ether oxygens (including phenoxy) is 2. The molecule has 0 radical (unpaired) electrons. The van der Waals surface area contributed by atoms with Crippen molar-refractivity contribution in [2.75, 3.05) is 20.9 Å². The van der Waals surface area contributed by atoms with Gasteiger partial charge in [-0.15, -0.1) is 0 Å². The number of alkyl halides is 1. The van der Waals surface area contributed by atoms with Crippen LogP contribution in [-0.4, -0.2) is 25.9 Å². The Balaban J connectivity index is 2.81. The van der Waals surface area contributed by atoms with Crippen LogP contribution in [0, 0.1) is 0 Å². The zero-order chi connectivity index (χ0) is 13.4. The zero-order valence-electron chi connectivity index (χ0n) is 11.5. The summed E-state index contributed by atoms with van der Waals surface area (Å²) in [6, 6.07) is 1.99. The molecule has 0 atom stereocenters. The Bertz CT molecular complexity index is 369. The number of hydrogen-bond donors (Lipinski definition) is 0. The van der Waals surface area contributed by atoms with E-state index in [2.05, 4.69) is 4.98 Å². The second-order valence-electron chi connectivity index (χ2n) is 4.16. The number of aromatic nitrogens is 1. The highest BCUT2D eigenvalue weighted by molar-refractivity contribution is 5.39. The second-order valence-corrected chi connectivity index (χ2v) is 4.16. The second kappa shape index (κ2) is 7.90. The van der Waals surface area contributed by atoms with Gasteiger partial charge in [0, 0.05) is 5.56 Å². The first kappa shape index (κ1) is 14.7. The number of aryl methyl sites for hydroxylation is 2. The van der Waals surface area contributed by atoms with Gasteiger partial charge in [-0.25, -0.2) is 4.98 Å². The fraction of sp³-hybridized carbons (Fsp3) is 0.643. The number of rotatable bonds is 8. The van der Waals surface area contributed by atoms with Crippen LogP contribution >= 0.6 is 0 Å². The molecule has 1 aromatic heterocycles. The third-order valence-electron chi connectivity index (χ3n) is 2.93. The van der Waals surface area contributed by atoms with Gasteiger partial charge in [0.25, 0.3) is 0 Å².